The first kappa shape index (κ1) is 23.1. The van der Waals surface area contributed by atoms with Crippen LogP contribution >= 0.6 is 0 Å². The summed E-state index contributed by atoms with van der Waals surface area (Å²) in [6.07, 6.45) is 0.173. The second-order valence-corrected chi connectivity index (χ2v) is 8.17. The number of halogens is 3. The smallest absolute Gasteiger partial charge is 0.332 e. The number of anilines is 1. The van der Waals surface area contributed by atoms with E-state index in [4.69, 9.17) is 5.26 Å². The normalized spacial score (nSPS) is 17.4. The lowest BCUT2D eigenvalue weighted by Gasteiger charge is -2.15. The number of aromatic nitrogens is 2. The maximum Gasteiger partial charge on any atom is 0.416 e. The number of amides is 2. The molecule has 34 heavy (non-hydrogen) atoms. The van der Waals surface area contributed by atoms with Gasteiger partial charge in [-0.25, -0.2) is 9.48 Å². The number of benzene rings is 2. The highest BCUT2D eigenvalue weighted by Crippen LogP contribution is 2.35. The van der Waals surface area contributed by atoms with Crippen LogP contribution in [-0.2, 0) is 6.18 Å². The maximum atomic E-state index is 12.9. The van der Waals surface area contributed by atoms with E-state index in [1.54, 1.807) is 28.9 Å². The molecule has 2 amide bonds. The van der Waals surface area contributed by atoms with Gasteiger partial charge in [-0.05, 0) is 62.7 Å². The summed E-state index contributed by atoms with van der Waals surface area (Å²) in [5.41, 5.74) is 3.44. The number of nitrogens with zero attached hydrogens (tertiary/aromatic N) is 3. The Kier molecular flexibility index (Phi) is 6.16. The maximum absolute atomic E-state index is 12.9. The first-order valence-corrected chi connectivity index (χ1v) is 10.7. The van der Waals surface area contributed by atoms with E-state index in [0.29, 0.717) is 23.4 Å². The number of allylic oxidation sites excluding steroid dienone is 1. The number of hydrogen-bond acceptors (Lipinski definition) is 3. The van der Waals surface area contributed by atoms with Crippen molar-refractivity contribution >= 4 is 11.7 Å². The topological polar surface area (TPSA) is 82.7 Å². The number of urea groups is 1. The molecule has 0 radical (unpaired) electrons. The lowest BCUT2D eigenvalue weighted by atomic mass is 9.96. The molecule has 0 saturated heterocycles. The molecule has 0 unspecified atom stereocenters. The second-order valence-electron chi connectivity index (χ2n) is 8.17. The molecule has 0 bridgehead atoms. The Morgan fingerprint density at radius 2 is 1.88 bits per heavy atom. The largest absolute Gasteiger partial charge is 0.416 e. The van der Waals surface area contributed by atoms with Crippen molar-refractivity contribution in [2.75, 3.05) is 5.32 Å². The molecule has 1 aliphatic carbocycles. The van der Waals surface area contributed by atoms with Crippen LogP contribution in [0.15, 0.2) is 60.7 Å². The summed E-state index contributed by atoms with van der Waals surface area (Å²) in [6.45, 7) is 3.75. The van der Waals surface area contributed by atoms with Gasteiger partial charge < -0.3 is 10.6 Å². The molecule has 9 heteroatoms. The molecule has 1 aliphatic rings. The van der Waals surface area contributed by atoms with Crippen molar-refractivity contribution < 1.29 is 18.0 Å². The average Bonchev–Trinajstić information content (AvgIpc) is 3.36. The quantitative estimate of drug-likeness (QED) is 0.491. The van der Waals surface area contributed by atoms with Gasteiger partial charge in [-0.3, -0.25) is 0 Å². The Balaban J connectivity index is 1.44. The zero-order valence-corrected chi connectivity index (χ0v) is 18.5. The zero-order valence-electron chi connectivity index (χ0n) is 18.5. The first-order chi connectivity index (χ1) is 16.2. The van der Waals surface area contributed by atoms with Crippen molar-refractivity contribution in [2.24, 2.45) is 0 Å². The molecule has 2 aromatic carbocycles. The van der Waals surface area contributed by atoms with Crippen LogP contribution < -0.4 is 10.6 Å². The van der Waals surface area contributed by atoms with Gasteiger partial charge in [-0.15, -0.1) is 0 Å². The summed E-state index contributed by atoms with van der Waals surface area (Å²) in [5.74, 6) is 0.00964. The molecule has 4 rings (SSSR count). The molecule has 0 fully saturated rings. The van der Waals surface area contributed by atoms with E-state index in [0.717, 1.165) is 29.1 Å². The molecule has 174 valence electrons. The number of alkyl halides is 3. The summed E-state index contributed by atoms with van der Waals surface area (Å²) in [5, 5.41) is 19.2. The molecule has 1 aromatic heterocycles. The highest BCUT2D eigenvalue weighted by atomic mass is 19.4. The van der Waals surface area contributed by atoms with Gasteiger partial charge in [0.15, 0.2) is 0 Å². The van der Waals surface area contributed by atoms with E-state index < -0.39 is 11.7 Å². The van der Waals surface area contributed by atoms with E-state index in [1.165, 1.54) is 12.1 Å². The number of rotatable bonds is 4. The van der Waals surface area contributed by atoms with Crippen LogP contribution in [0.5, 0.6) is 0 Å². The monoisotopic (exact) mass is 465 g/mol. The lowest BCUT2D eigenvalue weighted by molar-refractivity contribution is -0.137. The van der Waals surface area contributed by atoms with Gasteiger partial charge in [0.05, 0.1) is 28.6 Å². The fraction of sp³-hybridized carbons (Fsp3) is 0.240. The van der Waals surface area contributed by atoms with E-state index in [-0.39, 0.29) is 18.0 Å². The highest BCUT2D eigenvalue weighted by molar-refractivity contribution is 5.89. The predicted molar refractivity (Wildman–Crippen MR) is 122 cm³/mol. The number of hydrogen-bond donors (Lipinski definition) is 2. The minimum atomic E-state index is -4.39. The SMILES string of the molecule is Cc1nn(-c2ccc(C(F)(F)F)cc2)c(C)c1[C@H]1C=C[C@@H](NC(=O)Nc2cccc(C#N)c2)C1. The molecule has 2 N–H and O–H groups in total. The van der Waals surface area contributed by atoms with Crippen LogP contribution in [0.2, 0.25) is 0 Å². The molecule has 6 nitrogen and oxygen atoms in total. The summed E-state index contributed by atoms with van der Waals surface area (Å²) >= 11 is 0. The van der Waals surface area contributed by atoms with Crippen molar-refractivity contribution in [1.29, 1.82) is 5.26 Å². The third-order valence-electron chi connectivity index (χ3n) is 5.81. The number of carbonyl (C=O) groups excluding carboxylic acids is 1. The van der Waals surface area contributed by atoms with Crippen LogP contribution in [0, 0.1) is 25.2 Å². The average molecular weight is 465 g/mol. The van der Waals surface area contributed by atoms with Crippen LogP contribution in [0.1, 0.15) is 40.4 Å². The van der Waals surface area contributed by atoms with E-state index in [9.17, 15) is 18.0 Å². The molecular formula is C25H22F3N5O. The molecule has 0 aliphatic heterocycles. The minimum absolute atomic E-state index is 0.00964. The van der Waals surface area contributed by atoms with Crippen molar-refractivity contribution in [3.63, 3.8) is 0 Å². The number of nitrogens with one attached hydrogen (secondary N) is 2. The van der Waals surface area contributed by atoms with E-state index >= 15 is 0 Å². The Bertz CT molecular complexity index is 1290. The van der Waals surface area contributed by atoms with Gasteiger partial charge >= 0.3 is 12.2 Å². The van der Waals surface area contributed by atoms with Crippen LogP contribution in [0.25, 0.3) is 5.69 Å². The van der Waals surface area contributed by atoms with Gasteiger partial charge in [-0.2, -0.15) is 23.5 Å². The highest BCUT2D eigenvalue weighted by Gasteiger charge is 2.31. The molecule has 1 heterocycles. The van der Waals surface area contributed by atoms with Crippen molar-refractivity contribution in [1.82, 2.24) is 15.1 Å². The molecule has 0 spiro atoms. The Labute approximate surface area is 194 Å². The summed E-state index contributed by atoms with van der Waals surface area (Å²) in [6, 6.07) is 13.0. The zero-order chi connectivity index (χ0) is 24.5. The molecule has 0 saturated carbocycles. The third kappa shape index (κ3) is 4.81. The van der Waals surface area contributed by atoms with Crippen LogP contribution in [0.4, 0.5) is 23.7 Å². The minimum Gasteiger partial charge on any atom is -0.332 e. The Morgan fingerprint density at radius 3 is 2.56 bits per heavy atom. The van der Waals surface area contributed by atoms with Crippen LogP contribution in [0.3, 0.4) is 0 Å². The molecule has 3 aromatic rings. The van der Waals surface area contributed by atoms with Crippen molar-refractivity contribution in [2.45, 2.75) is 38.4 Å². The van der Waals surface area contributed by atoms with Gasteiger partial charge in [0.2, 0.25) is 0 Å². The van der Waals surface area contributed by atoms with Gasteiger partial charge in [0.1, 0.15) is 0 Å². The first-order valence-electron chi connectivity index (χ1n) is 10.7. The summed E-state index contributed by atoms with van der Waals surface area (Å²) in [7, 11) is 0. The third-order valence-corrected chi connectivity index (χ3v) is 5.81. The number of aryl methyl sites for hydroxylation is 1. The Hall–Kier alpha value is -4.06. The number of nitriles is 1. The molecular weight excluding hydrogens is 443 g/mol. The predicted octanol–water partition coefficient (Wildman–Crippen LogP) is 5.61. The van der Waals surface area contributed by atoms with Crippen LogP contribution in [-0.4, -0.2) is 21.9 Å². The fourth-order valence-corrected chi connectivity index (χ4v) is 4.26. The van der Waals surface area contributed by atoms with Gasteiger partial charge in [0.25, 0.3) is 0 Å². The van der Waals surface area contributed by atoms with Gasteiger partial charge in [0, 0.05) is 28.9 Å². The summed E-state index contributed by atoms with van der Waals surface area (Å²) in [4.78, 5) is 12.4. The fourth-order valence-electron chi connectivity index (χ4n) is 4.26. The van der Waals surface area contributed by atoms with E-state index in [2.05, 4.69) is 15.7 Å². The van der Waals surface area contributed by atoms with Crippen molar-refractivity contribution in [3.05, 3.63) is 88.8 Å². The van der Waals surface area contributed by atoms with Crippen molar-refractivity contribution in [3.8, 4) is 11.8 Å². The molecule has 2 atom stereocenters. The van der Waals surface area contributed by atoms with Gasteiger partial charge in [-0.1, -0.05) is 18.2 Å². The Morgan fingerprint density at radius 1 is 1.15 bits per heavy atom. The summed E-state index contributed by atoms with van der Waals surface area (Å²) < 4.78 is 40.3. The second kappa shape index (κ2) is 9.06. The van der Waals surface area contributed by atoms with E-state index in [1.807, 2.05) is 32.1 Å². The number of carbonyl (C=O) groups is 1. The standard InChI is InChI=1S/C25H22F3N5O/c1-15-23(16(2)33(32-15)22-10-7-19(8-11-22)25(26,27)28)18-6-9-21(13-18)31-24(34)30-20-5-3-4-17(12-20)14-29/h3-12,18,21H,13H2,1-2H3,(H2,30,31,34)/t18-,21+/m0/s1. The lowest BCUT2D eigenvalue weighted by Crippen LogP contribution is -2.36.